The van der Waals surface area contributed by atoms with Gasteiger partial charge in [-0.1, -0.05) is 0 Å². The number of aromatic nitrogens is 2. The normalized spacial score (nSPS) is 25.4. The van der Waals surface area contributed by atoms with Crippen LogP contribution in [0.4, 0.5) is 0 Å². The van der Waals surface area contributed by atoms with Crippen LogP contribution in [-0.4, -0.2) is 31.8 Å². The molecule has 1 unspecified atom stereocenters. The Labute approximate surface area is 65.3 Å². The van der Waals surface area contributed by atoms with Gasteiger partial charge in [-0.15, -0.1) is 0 Å². The molecule has 3 nitrogen and oxygen atoms in total. The van der Waals surface area contributed by atoms with Gasteiger partial charge in [0.25, 0.3) is 0 Å². The fourth-order valence-electron chi connectivity index (χ4n) is 0.941. The van der Waals surface area contributed by atoms with Crippen LogP contribution in [-0.2, 0) is 4.74 Å². The molecule has 0 amide bonds. The Morgan fingerprint density at radius 3 is 3.40 bits per heavy atom. The van der Waals surface area contributed by atoms with Crippen LogP contribution in [0.15, 0.2) is 12.4 Å². The first-order valence-electron chi connectivity index (χ1n) is 3.19. The molecule has 1 fully saturated rings. The van der Waals surface area contributed by atoms with Gasteiger partial charge in [-0.05, 0) is 0 Å². The van der Waals surface area contributed by atoms with Crippen molar-refractivity contribution in [1.29, 1.82) is 0 Å². The van der Waals surface area contributed by atoms with Crippen molar-refractivity contribution in [2.45, 2.75) is 10.3 Å². The Morgan fingerprint density at radius 2 is 2.80 bits per heavy atom. The predicted molar refractivity (Wildman–Crippen MR) is 37.8 cm³/mol. The van der Waals surface area contributed by atoms with Crippen LogP contribution in [0.5, 0.6) is 0 Å². The second kappa shape index (κ2) is 2.74. The summed E-state index contributed by atoms with van der Waals surface area (Å²) in [6, 6.07) is 0. The van der Waals surface area contributed by atoms with Crippen LogP contribution in [0, 0.1) is 0 Å². The number of ether oxygens (including phenoxy) is 1. The zero-order chi connectivity index (χ0) is 6.81. The Balaban J connectivity index is 2.12. The van der Waals surface area contributed by atoms with Crippen LogP contribution in [0.2, 0.25) is 5.32 Å². The summed E-state index contributed by atoms with van der Waals surface area (Å²) in [4.78, 5) is 0. The molecule has 1 atom stereocenters. The minimum atomic E-state index is 0.367. The molecule has 54 valence electrons. The molecule has 4 heteroatoms. The summed E-state index contributed by atoms with van der Waals surface area (Å²) in [5, 5.41) is 8.26. The number of hydrogen-bond donors (Lipinski definition) is 1. The molecule has 2 heterocycles. The molecule has 1 aliphatic heterocycles. The zero-order valence-electron chi connectivity index (χ0n) is 5.41. The molecule has 0 saturated carbocycles. The van der Waals surface area contributed by atoms with Crippen molar-refractivity contribution in [2.24, 2.45) is 0 Å². The van der Waals surface area contributed by atoms with Gasteiger partial charge in [0.1, 0.15) is 0 Å². The fraction of sp³-hybridized carbons (Fsp3) is 0.500. The summed E-state index contributed by atoms with van der Waals surface area (Å²) in [5.74, 6) is 0. The van der Waals surface area contributed by atoms with Crippen molar-refractivity contribution in [2.75, 3.05) is 6.61 Å². The summed E-state index contributed by atoms with van der Waals surface area (Å²) in [7, 11) is 0. The standard InChI is InChI=1S/C6H8N2OSe/c1-2-10-6(9-1)5-3-7-8-4-5/h3-4,6H,1-2H2,(H,7,8). The van der Waals surface area contributed by atoms with Gasteiger partial charge in [0.05, 0.1) is 0 Å². The molecule has 1 saturated heterocycles. The van der Waals surface area contributed by atoms with Crippen molar-refractivity contribution in [3.05, 3.63) is 18.0 Å². The Morgan fingerprint density at radius 1 is 1.80 bits per heavy atom. The molecule has 0 bridgehead atoms. The van der Waals surface area contributed by atoms with Crippen molar-refractivity contribution in [3.8, 4) is 0 Å². The van der Waals surface area contributed by atoms with Gasteiger partial charge in [-0.3, -0.25) is 0 Å². The van der Waals surface area contributed by atoms with E-state index in [-0.39, 0.29) is 0 Å². The molecule has 1 N–H and O–H groups in total. The zero-order valence-corrected chi connectivity index (χ0v) is 7.12. The van der Waals surface area contributed by atoms with E-state index in [1.165, 1.54) is 10.9 Å². The quantitative estimate of drug-likeness (QED) is 0.677. The Hall–Kier alpha value is -0.311. The maximum atomic E-state index is 5.47. The molecule has 2 rings (SSSR count). The molecular weight excluding hydrogens is 195 g/mol. The van der Waals surface area contributed by atoms with Crippen LogP contribution >= 0.6 is 0 Å². The Kier molecular flexibility index (Phi) is 1.76. The van der Waals surface area contributed by atoms with Crippen molar-refractivity contribution >= 4 is 15.0 Å². The molecule has 0 aromatic carbocycles. The van der Waals surface area contributed by atoms with E-state index in [1.807, 2.05) is 12.4 Å². The third kappa shape index (κ3) is 1.10. The van der Waals surface area contributed by atoms with Gasteiger partial charge < -0.3 is 0 Å². The van der Waals surface area contributed by atoms with Gasteiger partial charge >= 0.3 is 64.8 Å². The predicted octanol–water partition coefficient (Wildman–Crippen LogP) is 0.561. The van der Waals surface area contributed by atoms with E-state index in [0.717, 1.165) is 6.61 Å². The average molecular weight is 203 g/mol. The van der Waals surface area contributed by atoms with Gasteiger partial charge in [0.2, 0.25) is 0 Å². The molecular formula is C6H8N2OSe. The monoisotopic (exact) mass is 204 g/mol. The molecule has 1 aliphatic rings. The van der Waals surface area contributed by atoms with Crippen LogP contribution < -0.4 is 0 Å². The molecule has 1 aromatic heterocycles. The first-order chi connectivity index (χ1) is 4.97. The number of hydrogen-bond acceptors (Lipinski definition) is 2. The minimum absolute atomic E-state index is 0.367. The van der Waals surface area contributed by atoms with Crippen molar-refractivity contribution < 1.29 is 4.74 Å². The number of nitrogens with zero attached hydrogens (tertiary/aromatic N) is 1. The molecule has 0 aliphatic carbocycles. The van der Waals surface area contributed by atoms with E-state index in [2.05, 4.69) is 10.2 Å². The summed E-state index contributed by atoms with van der Waals surface area (Å²) < 4.78 is 5.47. The number of rotatable bonds is 1. The van der Waals surface area contributed by atoms with Crippen LogP contribution in [0.25, 0.3) is 0 Å². The van der Waals surface area contributed by atoms with Gasteiger partial charge in [-0.2, -0.15) is 0 Å². The molecule has 0 radical (unpaired) electrons. The summed E-state index contributed by atoms with van der Waals surface area (Å²) in [6.07, 6.45) is 3.76. The number of H-pyrrole nitrogens is 1. The summed E-state index contributed by atoms with van der Waals surface area (Å²) in [5.41, 5.74) is 1.21. The number of nitrogens with one attached hydrogen (secondary N) is 1. The SMILES string of the molecule is c1n[nH]cc1C1OCC[Se]1. The molecule has 10 heavy (non-hydrogen) atoms. The van der Waals surface area contributed by atoms with E-state index >= 15 is 0 Å². The first-order valence-corrected chi connectivity index (χ1v) is 5.39. The summed E-state index contributed by atoms with van der Waals surface area (Å²) in [6.45, 7) is 0.926. The third-order valence-corrected chi connectivity index (χ3v) is 3.75. The van der Waals surface area contributed by atoms with E-state index in [9.17, 15) is 0 Å². The summed E-state index contributed by atoms with van der Waals surface area (Å²) >= 11 is 0.629. The molecule has 0 spiro atoms. The second-order valence-corrected chi connectivity index (χ2v) is 4.56. The third-order valence-electron chi connectivity index (χ3n) is 1.41. The first kappa shape index (κ1) is 6.40. The number of aromatic amines is 1. The van der Waals surface area contributed by atoms with Gasteiger partial charge in [-0.25, -0.2) is 0 Å². The van der Waals surface area contributed by atoms with Crippen molar-refractivity contribution in [1.82, 2.24) is 10.2 Å². The Bertz CT molecular complexity index is 194. The van der Waals surface area contributed by atoms with Crippen molar-refractivity contribution in [3.63, 3.8) is 0 Å². The van der Waals surface area contributed by atoms with E-state index in [1.54, 1.807) is 0 Å². The van der Waals surface area contributed by atoms with Crippen LogP contribution in [0.3, 0.4) is 0 Å². The van der Waals surface area contributed by atoms with Crippen LogP contribution in [0.1, 0.15) is 10.6 Å². The topological polar surface area (TPSA) is 37.9 Å². The van der Waals surface area contributed by atoms with E-state index in [0.29, 0.717) is 20.0 Å². The molecule has 1 aromatic rings. The van der Waals surface area contributed by atoms with Gasteiger partial charge in [0.15, 0.2) is 0 Å². The maximum absolute atomic E-state index is 5.47. The second-order valence-electron chi connectivity index (χ2n) is 2.11. The van der Waals surface area contributed by atoms with E-state index in [4.69, 9.17) is 4.74 Å². The van der Waals surface area contributed by atoms with Gasteiger partial charge in [0, 0.05) is 0 Å². The average Bonchev–Trinajstić information content (AvgIpc) is 2.59. The fourth-order valence-corrected chi connectivity index (χ4v) is 2.87. The van der Waals surface area contributed by atoms with E-state index < -0.39 is 0 Å².